The number of nitrogens with one attached hydrogen (secondary N) is 1. The summed E-state index contributed by atoms with van der Waals surface area (Å²) >= 11 is 0. The zero-order chi connectivity index (χ0) is 10.8. The minimum absolute atomic E-state index is 0.389. The third-order valence-electron chi connectivity index (χ3n) is 4.36. The van der Waals surface area contributed by atoms with Crippen LogP contribution in [0.5, 0.6) is 0 Å². The molecule has 0 spiro atoms. The van der Waals surface area contributed by atoms with Crippen LogP contribution in [-0.2, 0) is 0 Å². The molecule has 3 unspecified atom stereocenters. The molecule has 1 fully saturated rings. The van der Waals surface area contributed by atoms with Crippen molar-refractivity contribution in [1.82, 2.24) is 5.32 Å². The van der Waals surface area contributed by atoms with Gasteiger partial charge in [-0.2, -0.15) is 0 Å². The van der Waals surface area contributed by atoms with Gasteiger partial charge in [0, 0.05) is 6.04 Å². The summed E-state index contributed by atoms with van der Waals surface area (Å²) in [5.41, 5.74) is 6.51. The fourth-order valence-electron chi connectivity index (χ4n) is 2.62. The Kier molecular flexibility index (Phi) is 3.96. The van der Waals surface area contributed by atoms with Gasteiger partial charge in [-0.25, -0.2) is 0 Å². The van der Waals surface area contributed by atoms with Crippen LogP contribution in [0.4, 0.5) is 0 Å². The van der Waals surface area contributed by atoms with Gasteiger partial charge in [0.1, 0.15) is 0 Å². The molecule has 84 valence electrons. The van der Waals surface area contributed by atoms with E-state index in [-0.39, 0.29) is 0 Å². The number of rotatable bonds is 3. The van der Waals surface area contributed by atoms with Gasteiger partial charge in [-0.15, -0.1) is 0 Å². The van der Waals surface area contributed by atoms with Crippen molar-refractivity contribution in [3.05, 3.63) is 0 Å². The monoisotopic (exact) mass is 198 g/mol. The molecule has 14 heavy (non-hydrogen) atoms. The molecule has 0 amide bonds. The lowest BCUT2D eigenvalue weighted by atomic mass is 9.61. The summed E-state index contributed by atoms with van der Waals surface area (Å²) in [6.07, 6.45) is 2.48. The summed E-state index contributed by atoms with van der Waals surface area (Å²) in [6.45, 7) is 11.5. The maximum absolute atomic E-state index is 6.12. The minimum Gasteiger partial charge on any atom is -0.327 e. The highest BCUT2D eigenvalue weighted by Crippen LogP contribution is 2.43. The van der Waals surface area contributed by atoms with Crippen molar-refractivity contribution < 1.29 is 0 Å². The first kappa shape index (κ1) is 12.0. The normalized spacial score (nSPS) is 37.1. The number of hydrogen-bond donors (Lipinski definition) is 2. The summed E-state index contributed by atoms with van der Waals surface area (Å²) in [7, 11) is 0. The molecule has 1 aliphatic rings. The van der Waals surface area contributed by atoms with Gasteiger partial charge >= 0.3 is 0 Å². The lowest BCUT2D eigenvalue weighted by Crippen LogP contribution is -2.49. The Labute approximate surface area is 88.6 Å². The zero-order valence-corrected chi connectivity index (χ0v) is 10.1. The lowest BCUT2D eigenvalue weighted by Gasteiger charge is -2.47. The maximum Gasteiger partial charge on any atom is 0.00698 e. The molecule has 2 nitrogen and oxygen atoms in total. The van der Waals surface area contributed by atoms with Crippen molar-refractivity contribution in [1.29, 1.82) is 0 Å². The minimum atomic E-state index is 0.389. The molecular weight excluding hydrogens is 172 g/mol. The van der Waals surface area contributed by atoms with Crippen molar-refractivity contribution in [2.24, 2.45) is 23.0 Å². The standard InChI is InChI=1S/C12H26N2/c1-5-14-8-10-6-7-11(13)9(2)12(10,3)4/h9-11,14H,5-8,13H2,1-4H3. The van der Waals surface area contributed by atoms with E-state index >= 15 is 0 Å². The van der Waals surface area contributed by atoms with Crippen molar-refractivity contribution in [3.8, 4) is 0 Å². The predicted octanol–water partition coefficient (Wildman–Crippen LogP) is 2.00. The van der Waals surface area contributed by atoms with Gasteiger partial charge in [-0.05, 0) is 43.2 Å². The van der Waals surface area contributed by atoms with E-state index in [0.29, 0.717) is 17.4 Å². The van der Waals surface area contributed by atoms with Crippen LogP contribution in [0.2, 0.25) is 0 Å². The van der Waals surface area contributed by atoms with Gasteiger partial charge in [-0.3, -0.25) is 0 Å². The Morgan fingerprint density at radius 3 is 2.57 bits per heavy atom. The fourth-order valence-corrected chi connectivity index (χ4v) is 2.62. The Bertz CT molecular complexity index is 175. The second-order valence-corrected chi connectivity index (χ2v) is 5.36. The van der Waals surface area contributed by atoms with Crippen LogP contribution < -0.4 is 11.1 Å². The van der Waals surface area contributed by atoms with Crippen LogP contribution in [-0.4, -0.2) is 19.1 Å². The van der Waals surface area contributed by atoms with Crippen molar-refractivity contribution in [3.63, 3.8) is 0 Å². The van der Waals surface area contributed by atoms with Gasteiger partial charge in [-0.1, -0.05) is 27.7 Å². The summed E-state index contributed by atoms with van der Waals surface area (Å²) in [4.78, 5) is 0. The molecule has 0 aromatic heterocycles. The van der Waals surface area contributed by atoms with Crippen molar-refractivity contribution >= 4 is 0 Å². The van der Waals surface area contributed by atoms with Crippen molar-refractivity contribution in [2.75, 3.05) is 13.1 Å². The molecule has 0 radical (unpaired) electrons. The highest BCUT2D eigenvalue weighted by atomic mass is 14.9. The first-order valence-corrected chi connectivity index (χ1v) is 5.96. The van der Waals surface area contributed by atoms with Crippen LogP contribution in [0.25, 0.3) is 0 Å². The second kappa shape index (κ2) is 4.63. The molecule has 0 heterocycles. The smallest absolute Gasteiger partial charge is 0.00698 e. The van der Waals surface area contributed by atoms with Gasteiger partial charge in [0.2, 0.25) is 0 Å². The van der Waals surface area contributed by atoms with Crippen molar-refractivity contribution in [2.45, 2.75) is 46.6 Å². The molecule has 0 aliphatic heterocycles. The molecule has 0 bridgehead atoms. The maximum atomic E-state index is 6.12. The summed E-state index contributed by atoms with van der Waals surface area (Å²) < 4.78 is 0. The van der Waals surface area contributed by atoms with E-state index in [1.54, 1.807) is 0 Å². The molecule has 1 rings (SSSR count). The van der Waals surface area contributed by atoms with Gasteiger partial charge < -0.3 is 11.1 Å². The van der Waals surface area contributed by atoms with Crippen LogP contribution in [0, 0.1) is 17.3 Å². The average molecular weight is 198 g/mol. The second-order valence-electron chi connectivity index (χ2n) is 5.36. The molecule has 1 saturated carbocycles. The largest absolute Gasteiger partial charge is 0.327 e. The number of hydrogen-bond acceptors (Lipinski definition) is 2. The van der Waals surface area contributed by atoms with E-state index in [9.17, 15) is 0 Å². The Morgan fingerprint density at radius 1 is 1.36 bits per heavy atom. The van der Waals surface area contributed by atoms with E-state index in [1.165, 1.54) is 12.8 Å². The summed E-state index contributed by atoms with van der Waals surface area (Å²) in [5.74, 6) is 1.43. The average Bonchev–Trinajstić information content (AvgIpc) is 2.14. The first-order valence-electron chi connectivity index (χ1n) is 5.96. The molecule has 0 aromatic rings. The Hall–Kier alpha value is -0.0800. The molecule has 0 saturated heterocycles. The van der Waals surface area contributed by atoms with Gasteiger partial charge in [0.25, 0.3) is 0 Å². The van der Waals surface area contributed by atoms with Gasteiger partial charge in [0.15, 0.2) is 0 Å². The highest BCUT2D eigenvalue weighted by Gasteiger charge is 2.40. The quantitative estimate of drug-likeness (QED) is 0.728. The van der Waals surface area contributed by atoms with Crippen LogP contribution in [0.3, 0.4) is 0 Å². The summed E-state index contributed by atoms with van der Waals surface area (Å²) in [6, 6.07) is 0.405. The predicted molar refractivity (Wildman–Crippen MR) is 62.2 cm³/mol. The molecule has 1 aliphatic carbocycles. The van der Waals surface area contributed by atoms with E-state index in [4.69, 9.17) is 5.73 Å². The molecule has 2 heteroatoms. The third kappa shape index (κ3) is 2.29. The first-order chi connectivity index (χ1) is 6.50. The fraction of sp³-hybridized carbons (Fsp3) is 1.00. The number of nitrogens with two attached hydrogens (primary N) is 1. The highest BCUT2D eigenvalue weighted by molar-refractivity contribution is 4.93. The van der Waals surface area contributed by atoms with E-state index in [1.807, 2.05) is 0 Å². The van der Waals surface area contributed by atoms with E-state index in [0.717, 1.165) is 19.0 Å². The Morgan fingerprint density at radius 2 is 2.00 bits per heavy atom. The SMILES string of the molecule is CCNCC1CCC(N)C(C)C1(C)C. The Balaban J connectivity index is 2.59. The molecule has 0 aromatic carbocycles. The van der Waals surface area contributed by atoms with E-state index in [2.05, 4.69) is 33.0 Å². The van der Waals surface area contributed by atoms with Crippen LogP contribution in [0.15, 0.2) is 0 Å². The van der Waals surface area contributed by atoms with Crippen LogP contribution in [0.1, 0.15) is 40.5 Å². The zero-order valence-electron chi connectivity index (χ0n) is 10.1. The molecule has 3 atom stereocenters. The lowest BCUT2D eigenvalue weighted by molar-refractivity contribution is 0.0544. The summed E-state index contributed by atoms with van der Waals surface area (Å²) in [5, 5.41) is 3.47. The topological polar surface area (TPSA) is 38.0 Å². The molecular formula is C12H26N2. The van der Waals surface area contributed by atoms with Crippen LogP contribution >= 0.6 is 0 Å². The van der Waals surface area contributed by atoms with Gasteiger partial charge in [0.05, 0.1) is 0 Å². The third-order valence-corrected chi connectivity index (χ3v) is 4.36. The van der Waals surface area contributed by atoms with E-state index < -0.39 is 0 Å². The molecule has 3 N–H and O–H groups in total.